The lowest BCUT2D eigenvalue weighted by molar-refractivity contribution is 0.620. The molecule has 0 aliphatic carbocycles. The second-order valence-corrected chi connectivity index (χ2v) is 4.82. The fraction of sp³-hybridized carbons (Fsp3) is 0.500. The van der Waals surface area contributed by atoms with E-state index in [1.807, 2.05) is 28.7 Å². The average Bonchev–Trinajstić information content (AvgIpc) is 2.89. The number of rotatable bonds is 4. The van der Waals surface area contributed by atoms with Gasteiger partial charge in [0, 0.05) is 7.05 Å². The van der Waals surface area contributed by atoms with Crippen LogP contribution in [0.3, 0.4) is 0 Å². The van der Waals surface area contributed by atoms with Crippen molar-refractivity contribution in [2.75, 3.05) is 0 Å². The third-order valence-corrected chi connectivity index (χ3v) is 3.59. The molecule has 2 aromatic rings. The number of aromatic nitrogens is 5. The number of aryl methyl sites for hydroxylation is 1. The van der Waals surface area contributed by atoms with E-state index in [-0.39, 0.29) is 4.83 Å². The lowest BCUT2D eigenvalue weighted by Crippen LogP contribution is -2.04. The standard InChI is InChI=1S/C10H14BrN5/c1-3-9(11)10-6-16(14-13-10)5-8-4-12-7-15(8)2/h4,6-7,9H,3,5H2,1-2H3. The van der Waals surface area contributed by atoms with Crippen molar-refractivity contribution in [3.05, 3.63) is 30.1 Å². The lowest BCUT2D eigenvalue weighted by Gasteiger charge is -2.01. The van der Waals surface area contributed by atoms with E-state index < -0.39 is 0 Å². The molecule has 0 amide bonds. The molecule has 0 N–H and O–H groups in total. The molecule has 0 saturated heterocycles. The van der Waals surface area contributed by atoms with Crippen LogP contribution in [0.2, 0.25) is 0 Å². The van der Waals surface area contributed by atoms with Gasteiger partial charge in [0.15, 0.2) is 0 Å². The minimum absolute atomic E-state index is 0.285. The van der Waals surface area contributed by atoms with Gasteiger partial charge in [-0.15, -0.1) is 5.10 Å². The molecule has 0 saturated carbocycles. The first-order valence-electron chi connectivity index (χ1n) is 5.20. The highest BCUT2D eigenvalue weighted by molar-refractivity contribution is 9.09. The van der Waals surface area contributed by atoms with Crippen LogP contribution in [0.15, 0.2) is 18.7 Å². The first-order valence-corrected chi connectivity index (χ1v) is 6.11. The molecule has 0 fully saturated rings. The Morgan fingerprint density at radius 2 is 2.31 bits per heavy atom. The summed E-state index contributed by atoms with van der Waals surface area (Å²) in [4.78, 5) is 4.35. The zero-order valence-electron chi connectivity index (χ0n) is 9.34. The smallest absolute Gasteiger partial charge is 0.0963 e. The summed E-state index contributed by atoms with van der Waals surface area (Å²) in [5.41, 5.74) is 2.09. The number of nitrogens with zero attached hydrogens (tertiary/aromatic N) is 5. The minimum atomic E-state index is 0.285. The van der Waals surface area contributed by atoms with Gasteiger partial charge >= 0.3 is 0 Å². The summed E-state index contributed by atoms with van der Waals surface area (Å²) in [6.45, 7) is 2.81. The Kier molecular flexibility index (Phi) is 3.38. The number of halogens is 1. The topological polar surface area (TPSA) is 48.5 Å². The maximum absolute atomic E-state index is 4.13. The predicted octanol–water partition coefficient (Wildman–Crippen LogP) is 1.91. The molecule has 5 nitrogen and oxygen atoms in total. The van der Waals surface area contributed by atoms with E-state index in [2.05, 4.69) is 38.1 Å². The Labute approximate surface area is 103 Å². The van der Waals surface area contributed by atoms with Gasteiger partial charge in [-0.25, -0.2) is 9.67 Å². The molecule has 2 rings (SSSR count). The van der Waals surface area contributed by atoms with Gasteiger partial charge in [0.1, 0.15) is 0 Å². The van der Waals surface area contributed by atoms with Crippen molar-refractivity contribution in [1.82, 2.24) is 24.5 Å². The fourth-order valence-electron chi connectivity index (χ4n) is 1.45. The first-order chi connectivity index (χ1) is 7.70. The Hall–Kier alpha value is -1.17. The van der Waals surface area contributed by atoms with Crippen molar-refractivity contribution in [2.45, 2.75) is 24.7 Å². The van der Waals surface area contributed by atoms with Gasteiger partial charge in [-0.3, -0.25) is 0 Å². The first kappa shape index (κ1) is 11.3. The largest absolute Gasteiger partial charge is 0.336 e. The van der Waals surface area contributed by atoms with E-state index in [0.29, 0.717) is 6.54 Å². The Bertz CT molecular complexity index is 461. The maximum Gasteiger partial charge on any atom is 0.0963 e. The Morgan fingerprint density at radius 3 is 2.94 bits per heavy atom. The molecule has 0 spiro atoms. The van der Waals surface area contributed by atoms with Crippen LogP contribution in [0.1, 0.15) is 29.6 Å². The van der Waals surface area contributed by atoms with E-state index in [4.69, 9.17) is 0 Å². The molecular weight excluding hydrogens is 270 g/mol. The maximum atomic E-state index is 4.13. The third kappa shape index (κ3) is 2.32. The van der Waals surface area contributed by atoms with Crippen molar-refractivity contribution in [3.63, 3.8) is 0 Å². The minimum Gasteiger partial charge on any atom is -0.336 e. The second-order valence-electron chi connectivity index (χ2n) is 3.71. The van der Waals surface area contributed by atoms with Gasteiger partial charge in [-0.05, 0) is 6.42 Å². The molecule has 86 valence electrons. The van der Waals surface area contributed by atoms with Crippen molar-refractivity contribution >= 4 is 15.9 Å². The van der Waals surface area contributed by atoms with Crippen molar-refractivity contribution in [1.29, 1.82) is 0 Å². The molecule has 2 heterocycles. The van der Waals surface area contributed by atoms with E-state index in [1.54, 1.807) is 6.33 Å². The van der Waals surface area contributed by atoms with Gasteiger partial charge in [-0.2, -0.15) is 0 Å². The molecule has 0 aliphatic rings. The van der Waals surface area contributed by atoms with E-state index in [1.165, 1.54) is 0 Å². The normalized spacial score (nSPS) is 12.9. The Morgan fingerprint density at radius 1 is 1.50 bits per heavy atom. The van der Waals surface area contributed by atoms with E-state index in [9.17, 15) is 0 Å². The molecule has 1 unspecified atom stereocenters. The fourth-order valence-corrected chi connectivity index (χ4v) is 1.66. The quantitative estimate of drug-likeness (QED) is 0.806. The third-order valence-electron chi connectivity index (χ3n) is 2.48. The number of hydrogen-bond donors (Lipinski definition) is 0. The van der Waals surface area contributed by atoms with Crippen LogP contribution in [0.25, 0.3) is 0 Å². The highest BCUT2D eigenvalue weighted by Crippen LogP contribution is 2.23. The number of hydrogen-bond acceptors (Lipinski definition) is 3. The summed E-state index contributed by atoms with van der Waals surface area (Å²) in [6.07, 6.45) is 6.60. The molecule has 0 radical (unpaired) electrons. The van der Waals surface area contributed by atoms with Crippen LogP contribution in [-0.2, 0) is 13.6 Å². The van der Waals surface area contributed by atoms with Crippen LogP contribution in [0.5, 0.6) is 0 Å². The van der Waals surface area contributed by atoms with Crippen LogP contribution in [0, 0.1) is 0 Å². The van der Waals surface area contributed by atoms with Crippen LogP contribution in [-0.4, -0.2) is 24.5 Å². The Balaban J connectivity index is 2.11. The summed E-state index contributed by atoms with van der Waals surface area (Å²) in [5, 5.41) is 8.23. The zero-order valence-corrected chi connectivity index (χ0v) is 10.9. The van der Waals surface area contributed by atoms with Crippen LogP contribution in [0.4, 0.5) is 0 Å². The van der Waals surface area contributed by atoms with Crippen LogP contribution >= 0.6 is 15.9 Å². The van der Waals surface area contributed by atoms with Gasteiger partial charge < -0.3 is 4.57 Å². The summed E-state index contributed by atoms with van der Waals surface area (Å²) in [5.74, 6) is 0. The molecule has 0 aromatic carbocycles. The highest BCUT2D eigenvalue weighted by Gasteiger charge is 2.10. The summed E-state index contributed by atoms with van der Waals surface area (Å²) in [7, 11) is 1.97. The molecule has 0 aliphatic heterocycles. The summed E-state index contributed by atoms with van der Waals surface area (Å²) in [6, 6.07) is 0. The van der Waals surface area contributed by atoms with Crippen LogP contribution < -0.4 is 0 Å². The molecule has 1 atom stereocenters. The molecule has 0 bridgehead atoms. The van der Waals surface area contributed by atoms with Gasteiger partial charge in [0.2, 0.25) is 0 Å². The lowest BCUT2D eigenvalue weighted by atomic mass is 10.3. The van der Waals surface area contributed by atoms with Gasteiger partial charge in [0.05, 0.1) is 41.5 Å². The zero-order chi connectivity index (χ0) is 11.5. The van der Waals surface area contributed by atoms with Gasteiger partial charge in [-0.1, -0.05) is 28.1 Å². The van der Waals surface area contributed by atoms with Crippen molar-refractivity contribution < 1.29 is 0 Å². The highest BCUT2D eigenvalue weighted by atomic mass is 79.9. The molecule has 6 heteroatoms. The summed E-state index contributed by atoms with van der Waals surface area (Å²) < 4.78 is 3.81. The number of imidazole rings is 1. The molecular formula is C10H14BrN5. The van der Waals surface area contributed by atoms with Crippen molar-refractivity contribution in [2.24, 2.45) is 7.05 Å². The number of alkyl halides is 1. The van der Waals surface area contributed by atoms with E-state index in [0.717, 1.165) is 17.8 Å². The average molecular weight is 284 g/mol. The molecule has 16 heavy (non-hydrogen) atoms. The summed E-state index contributed by atoms with van der Waals surface area (Å²) >= 11 is 3.56. The second kappa shape index (κ2) is 4.78. The van der Waals surface area contributed by atoms with Crippen molar-refractivity contribution in [3.8, 4) is 0 Å². The SMILES string of the molecule is CCC(Br)c1cn(Cc2cncn2C)nn1. The van der Waals surface area contributed by atoms with E-state index >= 15 is 0 Å². The predicted molar refractivity (Wildman–Crippen MR) is 64.3 cm³/mol. The molecule has 2 aromatic heterocycles. The monoisotopic (exact) mass is 283 g/mol. The van der Waals surface area contributed by atoms with Gasteiger partial charge in [0.25, 0.3) is 0 Å².